The number of carbonyl (C=O) groups is 4. The zero-order chi connectivity index (χ0) is 22.4. The third-order valence-corrected chi connectivity index (χ3v) is 5.21. The predicted molar refractivity (Wildman–Crippen MR) is 118 cm³/mol. The number of hydrogen-bond acceptors (Lipinski definition) is 4. The molecule has 4 amide bonds. The van der Waals surface area contributed by atoms with Crippen LogP contribution in [-0.4, -0.2) is 41.1 Å². The molecule has 2 aromatic rings. The molecule has 7 heteroatoms. The van der Waals surface area contributed by atoms with Crippen molar-refractivity contribution < 1.29 is 19.2 Å². The summed E-state index contributed by atoms with van der Waals surface area (Å²) in [4.78, 5) is 52.6. The van der Waals surface area contributed by atoms with Crippen LogP contribution in [0.2, 0.25) is 0 Å². The second-order valence-corrected chi connectivity index (χ2v) is 7.59. The summed E-state index contributed by atoms with van der Waals surface area (Å²) in [6.45, 7) is 3.70. The second kappa shape index (κ2) is 10.0. The number of nitrogens with zero attached hydrogens (tertiary/aromatic N) is 2. The molecule has 31 heavy (non-hydrogen) atoms. The smallest absolute Gasteiger partial charge is 0.257 e. The van der Waals surface area contributed by atoms with E-state index in [-0.39, 0.29) is 24.1 Å². The van der Waals surface area contributed by atoms with Gasteiger partial charge in [0.05, 0.1) is 12.1 Å². The highest BCUT2D eigenvalue weighted by Gasteiger charge is 2.44. The summed E-state index contributed by atoms with van der Waals surface area (Å²) < 4.78 is 0. The van der Waals surface area contributed by atoms with E-state index in [0.29, 0.717) is 37.2 Å². The molecule has 0 saturated carbocycles. The van der Waals surface area contributed by atoms with Gasteiger partial charge >= 0.3 is 0 Å². The van der Waals surface area contributed by atoms with Crippen LogP contribution in [0.3, 0.4) is 0 Å². The van der Waals surface area contributed by atoms with Crippen LogP contribution in [0.25, 0.3) is 0 Å². The molecule has 1 saturated heterocycles. The largest absolute Gasteiger partial charge is 0.330 e. The molecule has 1 fully saturated rings. The van der Waals surface area contributed by atoms with Crippen molar-refractivity contribution in [2.75, 3.05) is 16.8 Å². The van der Waals surface area contributed by atoms with Crippen LogP contribution >= 0.6 is 0 Å². The number of hydrogen-bond donors (Lipinski definition) is 1. The van der Waals surface area contributed by atoms with Crippen molar-refractivity contribution in [1.82, 2.24) is 4.90 Å². The molecule has 1 atom stereocenters. The van der Waals surface area contributed by atoms with Crippen molar-refractivity contribution in [1.29, 1.82) is 0 Å². The Hall–Kier alpha value is -3.48. The van der Waals surface area contributed by atoms with Gasteiger partial charge in [0.2, 0.25) is 17.7 Å². The maximum absolute atomic E-state index is 13.2. The van der Waals surface area contributed by atoms with E-state index in [1.54, 1.807) is 29.2 Å². The van der Waals surface area contributed by atoms with E-state index in [9.17, 15) is 19.2 Å². The van der Waals surface area contributed by atoms with Crippen LogP contribution in [0.1, 0.15) is 38.7 Å². The molecule has 3 rings (SSSR count). The topological polar surface area (TPSA) is 86.8 Å². The molecule has 1 aliphatic rings. The fourth-order valence-electron chi connectivity index (χ4n) is 3.73. The first kappa shape index (κ1) is 22.2. The zero-order valence-corrected chi connectivity index (χ0v) is 17.8. The maximum atomic E-state index is 13.2. The minimum absolute atomic E-state index is 0.0312. The first-order valence-corrected chi connectivity index (χ1v) is 10.5. The van der Waals surface area contributed by atoms with Gasteiger partial charge in [-0.2, -0.15) is 0 Å². The lowest BCUT2D eigenvalue weighted by Gasteiger charge is -2.28. The first-order chi connectivity index (χ1) is 14.9. The number of rotatable bonds is 8. The van der Waals surface area contributed by atoms with E-state index < -0.39 is 11.9 Å². The van der Waals surface area contributed by atoms with Crippen molar-refractivity contribution in [3.8, 4) is 0 Å². The van der Waals surface area contributed by atoms with Gasteiger partial charge in [-0.25, -0.2) is 4.90 Å². The van der Waals surface area contributed by atoms with Crippen LogP contribution in [0.5, 0.6) is 0 Å². The molecule has 0 spiro atoms. The minimum Gasteiger partial charge on any atom is -0.330 e. The Balaban J connectivity index is 1.78. The Morgan fingerprint density at radius 3 is 2.35 bits per heavy atom. The molecular weight excluding hydrogens is 394 g/mol. The molecule has 0 radical (unpaired) electrons. The van der Waals surface area contributed by atoms with Crippen molar-refractivity contribution in [3.05, 3.63) is 60.2 Å². The van der Waals surface area contributed by atoms with Gasteiger partial charge in [0.15, 0.2) is 0 Å². The molecule has 7 nitrogen and oxygen atoms in total. The number of benzene rings is 2. The van der Waals surface area contributed by atoms with Crippen LogP contribution in [0.15, 0.2) is 54.6 Å². The lowest BCUT2D eigenvalue weighted by atomic mass is 10.1. The fraction of sp³-hybridized carbons (Fsp3) is 0.333. The molecule has 1 heterocycles. The number of imide groups is 1. The highest BCUT2D eigenvalue weighted by Crippen LogP contribution is 2.27. The quantitative estimate of drug-likeness (QED) is 0.664. The highest BCUT2D eigenvalue weighted by atomic mass is 16.2. The second-order valence-electron chi connectivity index (χ2n) is 7.59. The highest BCUT2D eigenvalue weighted by molar-refractivity contribution is 6.23. The summed E-state index contributed by atoms with van der Waals surface area (Å²) >= 11 is 0. The number of carbonyl (C=O) groups excluding carboxylic acids is 4. The summed E-state index contributed by atoms with van der Waals surface area (Å²) in [5.74, 6) is -1.05. The van der Waals surface area contributed by atoms with Crippen LogP contribution < -0.4 is 10.2 Å². The van der Waals surface area contributed by atoms with Crippen LogP contribution in [0, 0.1) is 0 Å². The predicted octanol–water partition coefficient (Wildman–Crippen LogP) is 3.15. The average Bonchev–Trinajstić information content (AvgIpc) is 3.03. The molecule has 162 valence electrons. The van der Waals surface area contributed by atoms with Gasteiger partial charge in [0, 0.05) is 25.6 Å². The number of amides is 4. The molecule has 1 N–H and O–H groups in total. The third-order valence-electron chi connectivity index (χ3n) is 5.21. The standard InChI is InChI=1S/C24H27N3O4/c1-3-7-22(29)26(15-14-18-8-5-4-6-9-18)21-16-23(30)27(24(21)31)20-12-10-19(11-13-20)25-17(2)28/h4-6,8-13,21H,3,7,14-16H2,1-2H3,(H,25,28). The molecule has 0 aromatic heterocycles. The van der Waals surface area contributed by atoms with E-state index in [1.807, 2.05) is 37.3 Å². The fourth-order valence-corrected chi connectivity index (χ4v) is 3.73. The van der Waals surface area contributed by atoms with Gasteiger partial charge in [0.25, 0.3) is 5.91 Å². The molecule has 0 bridgehead atoms. The van der Waals surface area contributed by atoms with Crippen molar-refractivity contribution in [3.63, 3.8) is 0 Å². The molecule has 1 aliphatic heterocycles. The Kier molecular flexibility index (Phi) is 7.18. The molecule has 2 aromatic carbocycles. The minimum atomic E-state index is -0.801. The van der Waals surface area contributed by atoms with E-state index >= 15 is 0 Å². The van der Waals surface area contributed by atoms with Crippen molar-refractivity contribution in [2.45, 2.75) is 45.6 Å². The lowest BCUT2D eigenvalue weighted by Crippen LogP contribution is -2.46. The third kappa shape index (κ3) is 5.36. The normalized spacial score (nSPS) is 15.8. The van der Waals surface area contributed by atoms with Crippen molar-refractivity contribution >= 4 is 35.0 Å². The van der Waals surface area contributed by atoms with Gasteiger partial charge in [-0.1, -0.05) is 37.3 Å². The SMILES string of the molecule is CCCC(=O)N(CCc1ccccc1)C1CC(=O)N(c2ccc(NC(C)=O)cc2)C1=O. The summed E-state index contributed by atoms with van der Waals surface area (Å²) in [5, 5.41) is 2.65. The van der Waals surface area contributed by atoms with Crippen LogP contribution in [0.4, 0.5) is 11.4 Å². The average molecular weight is 421 g/mol. The van der Waals surface area contributed by atoms with E-state index in [0.717, 1.165) is 10.5 Å². The van der Waals surface area contributed by atoms with E-state index in [1.165, 1.54) is 6.92 Å². The van der Waals surface area contributed by atoms with Gasteiger partial charge < -0.3 is 10.2 Å². The summed E-state index contributed by atoms with van der Waals surface area (Å²) in [6.07, 6.45) is 1.58. The zero-order valence-electron chi connectivity index (χ0n) is 17.8. The van der Waals surface area contributed by atoms with Gasteiger partial charge in [-0.3, -0.25) is 19.2 Å². The summed E-state index contributed by atoms with van der Waals surface area (Å²) in [6, 6.07) is 15.5. The van der Waals surface area contributed by atoms with Crippen LogP contribution in [-0.2, 0) is 25.6 Å². The summed E-state index contributed by atoms with van der Waals surface area (Å²) in [7, 11) is 0. The Morgan fingerprint density at radius 1 is 1.06 bits per heavy atom. The lowest BCUT2D eigenvalue weighted by molar-refractivity contribution is -0.138. The Labute approximate surface area is 182 Å². The first-order valence-electron chi connectivity index (χ1n) is 10.5. The summed E-state index contributed by atoms with van der Waals surface area (Å²) in [5.41, 5.74) is 2.08. The maximum Gasteiger partial charge on any atom is 0.257 e. The number of nitrogens with one attached hydrogen (secondary N) is 1. The Bertz CT molecular complexity index is 957. The van der Waals surface area contributed by atoms with E-state index in [2.05, 4.69) is 5.32 Å². The number of anilines is 2. The molecular formula is C24H27N3O4. The monoisotopic (exact) mass is 421 g/mol. The Morgan fingerprint density at radius 2 is 1.74 bits per heavy atom. The van der Waals surface area contributed by atoms with E-state index in [4.69, 9.17) is 0 Å². The van der Waals surface area contributed by atoms with Gasteiger partial charge in [-0.15, -0.1) is 0 Å². The van der Waals surface area contributed by atoms with Gasteiger partial charge in [0.1, 0.15) is 6.04 Å². The molecule has 1 unspecified atom stereocenters. The van der Waals surface area contributed by atoms with Crippen molar-refractivity contribution in [2.24, 2.45) is 0 Å². The van der Waals surface area contributed by atoms with Gasteiger partial charge in [-0.05, 0) is 42.7 Å². The molecule has 0 aliphatic carbocycles.